The number of furan rings is 1. The molecule has 2 aromatic rings. The molecule has 1 saturated carbocycles. The van der Waals surface area contributed by atoms with Crippen LogP contribution in [0.5, 0.6) is 0 Å². The van der Waals surface area contributed by atoms with Crippen molar-refractivity contribution >= 4 is 34.2 Å². The maximum atomic E-state index is 6.27. The molecule has 20 heavy (non-hydrogen) atoms. The molecule has 0 aliphatic heterocycles. The van der Waals surface area contributed by atoms with Gasteiger partial charge in [-0.3, -0.25) is 0 Å². The molecule has 1 aliphatic carbocycles. The van der Waals surface area contributed by atoms with Gasteiger partial charge in [0.25, 0.3) is 0 Å². The zero-order valence-corrected chi connectivity index (χ0v) is 13.3. The van der Waals surface area contributed by atoms with Crippen LogP contribution in [-0.2, 0) is 6.54 Å². The van der Waals surface area contributed by atoms with Crippen LogP contribution >= 0.6 is 23.2 Å². The molecule has 1 aromatic carbocycles. The topological polar surface area (TPSA) is 25.2 Å². The van der Waals surface area contributed by atoms with E-state index in [1.54, 1.807) is 0 Å². The third-order valence-corrected chi connectivity index (χ3v) is 4.48. The van der Waals surface area contributed by atoms with Gasteiger partial charge in [-0.1, -0.05) is 37.0 Å². The van der Waals surface area contributed by atoms with E-state index in [1.807, 2.05) is 12.1 Å². The summed E-state index contributed by atoms with van der Waals surface area (Å²) in [7, 11) is 0. The Morgan fingerprint density at radius 1 is 1.30 bits per heavy atom. The van der Waals surface area contributed by atoms with Gasteiger partial charge in [0.15, 0.2) is 5.58 Å². The minimum absolute atomic E-state index is 0.529. The Bertz CT molecular complexity index is 629. The van der Waals surface area contributed by atoms with E-state index in [0.29, 0.717) is 21.9 Å². The van der Waals surface area contributed by atoms with Gasteiger partial charge in [-0.15, -0.1) is 0 Å². The molecule has 1 fully saturated rings. The smallest absolute Gasteiger partial charge is 0.154 e. The summed E-state index contributed by atoms with van der Waals surface area (Å²) in [5.41, 5.74) is 2.07. The van der Waals surface area contributed by atoms with Gasteiger partial charge < -0.3 is 9.73 Å². The van der Waals surface area contributed by atoms with Gasteiger partial charge in [-0.25, -0.2) is 0 Å². The van der Waals surface area contributed by atoms with Crippen LogP contribution in [0.2, 0.25) is 10.0 Å². The van der Waals surface area contributed by atoms with Gasteiger partial charge in [0.05, 0.1) is 11.6 Å². The molecule has 0 radical (unpaired) electrons. The monoisotopic (exact) mass is 311 g/mol. The average Bonchev–Trinajstić information content (AvgIpc) is 3.16. The van der Waals surface area contributed by atoms with Crippen molar-refractivity contribution in [1.82, 2.24) is 5.32 Å². The number of nitrogens with one attached hydrogen (secondary N) is 1. The molecule has 0 bridgehead atoms. The zero-order valence-electron chi connectivity index (χ0n) is 11.8. The minimum atomic E-state index is 0.529. The Morgan fingerprint density at radius 2 is 2.05 bits per heavy atom. The summed E-state index contributed by atoms with van der Waals surface area (Å²) < 4.78 is 6.02. The highest BCUT2D eigenvalue weighted by Gasteiger charge is 2.31. The molecular weight excluding hydrogens is 293 g/mol. The Labute approximate surface area is 129 Å². The molecule has 0 atom stereocenters. The largest absolute Gasteiger partial charge is 0.458 e. The van der Waals surface area contributed by atoms with Gasteiger partial charge in [-0.2, -0.15) is 0 Å². The van der Waals surface area contributed by atoms with Crippen molar-refractivity contribution in [3.05, 3.63) is 33.5 Å². The standard InChI is InChI=1S/C16H19Cl2NO/c1-9(2)7-19-8-13-14(10-3-4-10)11-5-6-12(17)15(18)16(11)20-13/h5-6,9-10,19H,3-4,7-8H2,1-2H3. The number of hydrogen-bond donors (Lipinski definition) is 1. The lowest BCUT2D eigenvalue weighted by Gasteiger charge is -2.06. The van der Waals surface area contributed by atoms with Crippen molar-refractivity contribution in [2.24, 2.45) is 5.92 Å². The molecule has 108 valence electrons. The van der Waals surface area contributed by atoms with E-state index < -0.39 is 0 Å². The molecule has 0 unspecified atom stereocenters. The second-order valence-electron chi connectivity index (χ2n) is 5.98. The molecule has 1 aliphatic rings. The van der Waals surface area contributed by atoms with Crippen LogP contribution < -0.4 is 5.32 Å². The summed E-state index contributed by atoms with van der Waals surface area (Å²) in [6.07, 6.45) is 2.48. The molecule has 2 nitrogen and oxygen atoms in total. The summed E-state index contributed by atoms with van der Waals surface area (Å²) >= 11 is 12.4. The molecule has 4 heteroatoms. The first-order valence-corrected chi connectivity index (χ1v) is 7.93. The van der Waals surface area contributed by atoms with Crippen molar-refractivity contribution in [3.63, 3.8) is 0 Å². The van der Waals surface area contributed by atoms with Gasteiger partial charge in [0, 0.05) is 10.9 Å². The molecule has 0 amide bonds. The van der Waals surface area contributed by atoms with Gasteiger partial charge in [0.1, 0.15) is 10.8 Å². The van der Waals surface area contributed by atoms with E-state index in [0.717, 1.165) is 29.8 Å². The number of hydrogen-bond acceptors (Lipinski definition) is 2. The third kappa shape index (κ3) is 2.69. The Morgan fingerprint density at radius 3 is 2.70 bits per heavy atom. The Balaban J connectivity index is 1.98. The highest BCUT2D eigenvalue weighted by atomic mass is 35.5. The number of fused-ring (bicyclic) bond motifs is 1. The maximum absolute atomic E-state index is 6.27. The van der Waals surface area contributed by atoms with Crippen molar-refractivity contribution in [2.45, 2.75) is 39.2 Å². The van der Waals surface area contributed by atoms with Crippen LogP contribution in [0.4, 0.5) is 0 Å². The minimum Gasteiger partial charge on any atom is -0.458 e. The van der Waals surface area contributed by atoms with Gasteiger partial charge in [-0.05, 0) is 43.4 Å². The number of rotatable bonds is 5. The lowest BCUT2D eigenvalue weighted by molar-refractivity contribution is 0.481. The molecule has 0 spiro atoms. The summed E-state index contributed by atoms with van der Waals surface area (Å²) in [6, 6.07) is 3.89. The van der Waals surface area contributed by atoms with E-state index >= 15 is 0 Å². The van der Waals surface area contributed by atoms with Gasteiger partial charge in [0.2, 0.25) is 0 Å². The van der Waals surface area contributed by atoms with Crippen LogP contribution in [0.25, 0.3) is 11.0 Å². The van der Waals surface area contributed by atoms with E-state index in [2.05, 4.69) is 19.2 Å². The second-order valence-corrected chi connectivity index (χ2v) is 6.76. The number of benzene rings is 1. The fourth-order valence-electron chi connectivity index (χ4n) is 2.60. The fraction of sp³-hybridized carbons (Fsp3) is 0.500. The van der Waals surface area contributed by atoms with Crippen molar-refractivity contribution in [1.29, 1.82) is 0 Å². The second kappa shape index (κ2) is 5.59. The predicted molar refractivity (Wildman–Crippen MR) is 84.8 cm³/mol. The van der Waals surface area contributed by atoms with E-state index in [4.69, 9.17) is 27.6 Å². The molecule has 3 rings (SSSR count). The Kier molecular flexibility index (Phi) is 3.98. The first-order valence-electron chi connectivity index (χ1n) is 7.18. The van der Waals surface area contributed by atoms with Crippen LogP contribution in [0.1, 0.15) is 43.9 Å². The summed E-state index contributed by atoms with van der Waals surface area (Å²) in [6.45, 7) is 6.14. The predicted octanol–water partition coefficient (Wildman–Crippen LogP) is 5.36. The van der Waals surface area contributed by atoms with Crippen molar-refractivity contribution < 1.29 is 4.42 Å². The Hall–Kier alpha value is -0.700. The van der Waals surface area contributed by atoms with E-state index in [9.17, 15) is 0 Å². The summed E-state index contributed by atoms with van der Waals surface area (Å²) in [5.74, 6) is 2.28. The van der Waals surface area contributed by atoms with Crippen LogP contribution in [0.15, 0.2) is 16.5 Å². The van der Waals surface area contributed by atoms with Crippen LogP contribution in [-0.4, -0.2) is 6.54 Å². The van der Waals surface area contributed by atoms with Gasteiger partial charge >= 0.3 is 0 Å². The average molecular weight is 312 g/mol. The van der Waals surface area contributed by atoms with E-state index in [-0.39, 0.29) is 0 Å². The first-order chi connectivity index (χ1) is 9.58. The number of halogens is 2. The SMILES string of the molecule is CC(C)CNCc1oc2c(Cl)c(Cl)ccc2c1C1CC1. The quantitative estimate of drug-likeness (QED) is 0.803. The highest BCUT2D eigenvalue weighted by Crippen LogP contribution is 2.48. The van der Waals surface area contributed by atoms with E-state index in [1.165, 1.54) is 18.4 Å². The first kappa shape index (κ1) is 14.2. The summed E-state index contributed by atoms with van der Waals surface area (Å²) in [5, 5.41) is 5.66. The molecule has 1 N–H and O–H groups in total. The van der Waals surface area contributed by atoms with Crippen LogP contribution in [0.3, 0.4) is 0 Å². The lowest BCUT2D eigenvalue weighted by Crippen LogP contribution is -2.19. The zero-order chi connectivity index (χ0) is 14.3. The normalized spacial score (nSPS) is 15.4. The lowest BCUT2D eigenvalue weighted by atomic mass is 10.1. The highest BCUT2D eigenvalue weighted by molar-refractivity contribution is 6.44. The van der Waals surface area contributed by atoms with Crippen LogP contribution in [0, 0.1) is 5.92 Å². The molecule has 1 aromatic heterocycles. The maximum Gasteiger partial charge on any atom is 0.154 e. The molecular formula is C16H19Cl2NO. The summed E-state index contributed by atoms with van der Waals surface area (Å²) in [4.78, 5) is 0. The van der Waals surface area contributed by atoms with Crippen molar-refractivity contribution in [3.8, 4) is 0 Å². The molecule has 1 heterocycles. The van der Waals surface area contributed by atoms with Crippen molar-refractivity contribution in [2.75, 3.05) is 6.54 Å². The third-order valence-electron chi connectivity index (χ3n) is 3.69. The fourth-order valence-corrected chi connectivity index (χ4v) is 2.95. The molecule has 0 saturated heterocycles.